The number of oxime groups is 1. The highest BCUT2D eigenvalue weighted by Crippen LogP contribution is 2.20. The number of nitrogens with zero attached hydrogens (tertiary/aromatic N) is 1. The molecule has 1 aromatic rings. The molecule has 0 aliphatic rings. The lowest BCUT2D eigenvalue weighted by molar-refractivity contribution is -0.123. The third kappa shape index (κ3) is 5.83. The first kappa shape index (κ1) is 17.0. The molecule has 1 rings (SSSR count). The van der Waals surface area contributed by atoms with Crippen molar-refractivity contribution in [3.63, 3.8) is 0 Å². The van der Waals surface area contributed by atoms with Gasteiger partial charge in [0.15, 0.2) is 6.61 Å². The topological polar surface area (TPSA) is 80.2 Å². The Morgan fingerprint density at radius 3 is 2.86 bits per heavy atom. The molecule has 0 saturated carbocycles. The number of methoxy groups -OCH3 is 1. The van der Waals surface area contributed by atoms with Crippen LogP contribution in [0.3, 0.4) is 0 Å². The average molecular weight is 294 g/mol. The van der Waals surface area contributed by atoms with Crippen LogP contribution in [-0.2, 0) is 9.53 Å². The lowest BCUT2D eigenvalue weighted by atomic mass is 10.1. The number of carbonyl (C=O) groups is 1. The van der Waals surface area contributed by atoms with Crippen molar-refractivity contribution in [3.05, 3.63) is 29.3 Å². The Labute approximate surface area is 124 Å². The van der Waals surface area contributed by atoms with Crippen LogP contribution in [0.1, 0.15) is 24.5 Å². The van der Waals surface area contributed by atoms with Crippen LogP contribution in [-0.4, -0.2) is 43.7 Å². The maximum Gasteiger partial charge on any atom is 0.257 e. The summed E-state index contributed by atoms with van der Waals surface area (Å²) >= 11 is 0. The fourth-order valence-corrected chi connectivity index (χ4v) is 1.74. The minimum Gasteiger partial charge on any atom is -0.483 e. The zero-order chi connectivity index (χ0) is 15.7. The summed E-state index contributed by atoms with van der Waals surface area (Å²) in [7, 11) is 1.62. The number of benzene rings is 1. The zero-order valence-electron chi connectivity index (χ0n) is 12.7. The first-order valence-corrected chi connectivity index (χ1v) is 6.76. The first-order valence-electron chi connectivity index (χ1n) is 6.76. The summed E-state index contributed by atoms with van der Waals surface area (Å²) in [6.45, 7) is 4.68. The van der Waals surface area contributed by atoms with Crippen LogP contribution in [0.15, 0.2) is 23.4 Å². The molecule has 0 bridgehead atoms. The SMILES string of the molecule is COCCCNC(=O)COc1ccc(C)cc1C(C)=NO. The molecule has 1 aromatic carbocycles. The maximum atomic E-state index is 11.6. The molecule has 0 saturated heterocycles. The molecule has 0 unspecified atom stereocenters. The van der Waals surface area contributed by atoms with Crippen molar-refractivity contribution in [1.29, 1.82) is 0 Å². The van der Waals surface area contributed by atoms with E-state index in [-0.39, 0.29) is 12.5 Å². The molecule has 6 heteroatoms. The van der Waals surface area contributed by atoms with Crippen molar-refractivity contribution in [2.45, 2.75) is 20.3 Å². The standard InChI is InChI=1S/C15H22N2O4/c1-11-5-6-14(13(9-11)12(2)17-19)21-10-15(18)16-7-4-8-20-3/h5-6,9,19H,4,7-8,10H2,1-3H3,(H,16,18). The number of rotatable bonds is 8. The molecule has 6 nitrogen and oxygen atoms in total. The second-order valence-corrected chi connectivity index (χ2v) is 4.67. The summed E-state index contributed by atoms with van der Waals surface area (Å²) in [5, 5.41) is 14.8. The van der Waals surface area contributed by atoms with Gasteiger partial charge in [0, 0.05) is 25.8 Å². The van der Waals surface area contributed by atoms with Crippen LogP contribution in [0.25, 0.3) is 0 Å². The van der Waals surface area contributed by atoms with E-state index in [9.17, 15) is 4.79 Å². The van der Waals surface area contributed by atoms with Crippen molar-refractivity contribution in [2.75, 3.05) is 26.9 Å². The molecule has 0 aliphatic carbocycles. The number of ether oxygens (including phenoxy) is 2. The van der Waals surface area contributed by atoms with Crippen molar-refractivity contribution in [2.24, 2.45) is 5.16 Å². The summed E-state index contributed by atoms with van der Waals surface area (Å²) in [6.07, 6.45) is 0.758. The van der Waals surface area contributed by atoms with Crippen molar-refractivity contribution in [3.8, 4) is 5.75 Å². The second kappa shape index (κ2) is 8.97. The molecule has 0 fully saturated rings. The molecule has 0 atom stereocenters. The minimum atomic E-state index is -0.198. The molecular weight excluding hydrogens is 272 g/mol. The van der Waals surface area contributed by atoms with E-state index >= 15 is 0 Å². The molecule has 21 heavy (non-hydrogen) atoms. The van der Waals surface area contributed by atoms with Gasteiger partial charge in [0.2, 0.25) is 0 Å². The number of nitrogens with one attached hydrogen (secondary N) is 1. The van der Waals surface area contributed by atoms with E-state index in [1.165, 1.54) is 0 Å². The normalized spacial score (nSPS) is 11.3. The molecule has 0 aliphatic heterocycles. The van der Waals surface area contributed by atoms with Gasteiger partial charge >= 0.3 is 0 Å². The Kier molecular flexibility index (Phi) is 7.25. The Morgan fingerprint density at radius 2 is 2.19 bits per heavy atom. The zero-order valence-corrected chi connectivity index (χ0v) is 12.7. The van der Waals surface area contributed by atoms with Gasteiger partial charge in [0.1, 0.15) is 5.75 Å². The van der Waals surface area contributed by atoms with Crippen LogP contribution >= 0.6 is 0 Å². The van der Waals surface area contributed by atoms with E-state index < -0.39 is 0 Å². The molecule has 0 radical (unpaired) electrons. The van der Waals surface area contributed by atoms with E-state index in [0.29, 0.717) is 30.2 Å². The number of hydrogen-bond acceptors (Lipinski definition) is 5. The minimum absolute atomic E-state index is 0.0816. The van der Waals surface area contributed by atoms with Gasteiger partial charge in [-0.15, -0.1) is 0 Å². The highest BCUT2D eigenvalue weighted by atomic mass is 16.5. The molecule has 0 spiro atoms. The fraction of sp³-hybridized carbons (Fsp3) is 0.467. The quantitative estimate of drug-likeness (QED) is 0.331. The summed E-state index contributed by atoms with van der Waals surface area (Å²) in [5.41, 5.74) is 2.13. The second-order valence-electron chi connectivity index (χ2n) is 4.67. The number of hydrogen-bond donors (Lipinski definition) is 2. The van der Waals surface area contributed by atoms with Crippen LogP contribution < -0.4 is 10.1 Å². The molecule has 1 amide bonds. The Balaban J connectivity index is 2.57. The largest absolute Gasteiger partial charge is 0.483 e. The van der Waals surface area contributed by atoms with E-state index in [2.05, 4.69) is 10.5 Å². The highest BCUT2D eigenvalue weighted by molar-refractivity contribution is 6.01. The Morgan fingerprint density at radius 1 is 1.43 bits per heavy atom. The predicted molar refractivity (Wildman–Crippen MR) is 80.2 cm³/mol. The third-order valence-corrected chi connectivity index (χ3v) is 2.88. The Bertz CT molecular complexity index is 500. The van der Waals surface area contributed by atoms with Crippen LogP contribution in [0.2, 0.25) is 0 Å². The van der Waals surface area contributed by atoms with Crippen molar-refractivity contribution in [1.82, 2.24) is 5.32 Å². The average Bonchev–Trinajstić information content (AvgIpc) is 2.49. The fourth-order valence-electron chi connectivity index (χ4n) is 1.74. The maximum absolute atomic E-state index is 11.6. The molecule has 0 heterocycles. The summed E-state index contributed by atoms with van der Waals surface area (Å²) in [4.78, 5) is 11.6. The van der Waals surface area contributed by atoms with Gasteiger partial charge < -0.3 is 20.0 Å². The number of carbonyl (C=O) groups excluding carboxylic acids is 1. The van der Waals surface area contributed by atoms with Gasteiger partial charge in [-0.05, 0) is 32.4 Å². The van der Waals surface area contributed by atoms with E-state index in [0.717, 1.165) is 12.0 Å². The highest BCUT2D eigenvalue weighted by Gasteiger charge is 2.10. The smallest absolute Gasteiger partial charge is 0.257 e. The van der Waals surface area contributed by atoms with Crippen LogP contribution in [0, 0.1) is 6.92 Å². The van der Waals surface area contributed by atoms with Crippen LogP contribution in [0.5, 0.6) is 5.75 Å². The van der Waals surface area contributed by atoms with E-state index in [1.54, 1.807) is 20.1 Å². The summed E-state index contributed by atoms with van der Waals surface area (Å²) in [5.74, 6) is 0.319. The van der Waals surface area contributed by atoms with E-state index in [1.807, 2.05) is 19.1 Å². The van der Waals surface area contributed by atoms with Crippen LogP contribution in [0.4, 0.5) is 0 Å². The third-order valence-electron chi connectivity index (χ3n) is 2.88. The lowest BCUT2D eigenvalue weighted by Gasteiger charge is -2.11. The van der Waals surface area contributed by atoms with Crippen molar-refractivity contribution < 1.29 is 19.5 Å². The molecule has 2 N–H and O–H groups in total. The molecule has 0 aromatic heterocycles. The van der Waals surface area contributed by atoms with Gasteiger partial charge in [-0.1, -0.05) is 16.8 Å². The predicted octanol–water partition coefficient (Wildman–Crippen LogP) is 1.72. The monoisotopic (exact) mass is 294 g/mol. The van der Waals surface area contributed by atoms with Crippen molar-refractivity contribution >= 4 is 11.6 Å². The van der Waals surface area contributed by atoms with Gasteiger partial charge in [-0.25, -0.2) is 0 Å². The van der Waals surface area contributed by atoms with Gasteiger partial charge in [-0.3, -0.25) is 4.79 Å². The lowest BCUT2D eigenvalue weighted by Crippen LogP contribution is -2.30. The molecule has 116 valence electrons. The Hall–Kier alpha value is -2.08. The van der Waals surface area contributed by atoms with Gasteiger partial charge in [0.25, 0.3) is 5.91 Å². The van der Waals surface area contributed by atoms with E-state index in [4.69, 9.17) is 14.7 Å². The van der Waals surface area contributed by atoms with Gasteiger partial charge in [0.05, 0.1) is 5.71 Å². The summed E-state index contributed by atoms with van der Waals surface area (Å²) in [6, 6.07) is 5.48. The number of amides is 1. The van der Waals surface area contributed by atoms with Gasteiger partial charge in [-0.2, -0.15) is 0 Å². The first-order chi connectivity index (χ1) is 10.1. The summed E-state index contributed by atoms with van der Waals surface area (Å²) < 4.78 is 10.4. The number of aryl methyl sites for hydroxylation is 1. The molecular formula is C15H22N2O4.